The van der Waals surface area contributed by atoms with Crippen LogP contribution in [0.5, 0.6) is 0 Å². The van der Waals surface area contributed by atoms with Crippen LogP contribution < -0.4 is 16.0 Å². The maximum absolute atomic E-state index is 11.6. The highest BCUT2D eigenvalue weighted by Crippen LogP contribution is 2.17. The summed E-state index contributed by atoms with van der Waals surface area (Å²) in [6.07, 6.45) is 0.931. The van der Waals surface area contributed by atoms with Crippen LogP contribution in [0.15, 0.2) is 24.3 Å². The lowest BCUT2D eigenvalue weighted by Gasteiger charge is -2.23. The zero-order valence-corrected chi connectivity index (χ0v) is 10.5. The first-order valence-electron chi connectivity index (χ1n) is 5.91. The molecule has 1 rings (SSSR count). The minimum atomic E-state index is -0.160. The van der Waals surface area contributed by atoms with Crippen LogP contribution >= 0.6 is 0 Å². The van der Waals surface area contributed by atoms with Gasteiger partial charge in [0, 0.05) is 17.9 Å². The Morgan fingerprint density at radius 1 is 1.56 bits per heavy atom. The number of rotatable bonds is 6. The first kappa shape index (κ1) is 13.8. The van der Waals surface area contributed by atoms with Gasteiger partial charge in [0.1, 0.15) is 6.54 Å². The van der Waals surface area contributed by atoms with Gasteiger partial charge >= 0.3 is 0 Å². The fourth-order valence-corrected chi connectivity index (χ4v) is 1.66. The molecule has 0 bridgehead atoms. The molecule has 0 aliphatic heterocycles. The van der Waals surface area contributed by atoms with E-state index >= 15 is 0 Å². The van der Waals surface area contributed by atoms with Crippen molar-refractivity contribution < 1.29 is 4.79 Å². The molecule has 0 atom stereocenters. The molecule has 0 aliphatic rings. The highest BCUT2D eigenvalue weighted by atomic mass is 16.2. The number of hydrogen-bond donors (Lipinski definition) is 2. The van der Waals surface area contributed by atoms with Gasteiger partial charge < -0.3 is 16.0 Å². The molecule has 0 radical (unpaired) electrons. The van der Waals surface area contributed by atoms with Crippen molar-refractivity contribution in [1.82, 2.24) is 5.32 Å². The molecule has 0 fully saturated rings. The van der Waals surface area contributed by atoms with Gasteiger partial charge in [-0.2, -0.15) is 5.26 Å². The van der Waals surface area contributed by atoms with Gasteiger partial charge in [-0.05, 0) is 24.6 Å². The van der Waals surface area contributed by atoms with Crippen LogP contribution in [0.2, 0.25) is 0 Å². The Labute approximate surface area is 107 Å². The average molecular weight is 246 g/mol. The second kappa shape index (κ2) is 7.17. The summed E-state index contributed by atoms with van der Waals surface area (Å²) in [6.45, 7) is 3.09. The summed E-state index contributed by atoms with van der Waals surface area (Å²) >= 11 is 0. The van der Waals surface area contributed by atoms with Gasteiger partial charge in [0.25, 0.3) is 0 Å². The van der Waals surface area contributed by atoms with Crippen LogP contribution in [0.3, 0.4) is 0 Å². The number of anilines is 2. The minimum absolute atomic E-state index is 0.0374. The van der Waals surface area contributed by atoms with Crippen molar-refractivity contribution in [2.75, 3.05) is 30.3 Å². The fraction of sp³-hybridized carbons (Fsp3) is 0.385. The number of nitrogen functional groups attached to an aromatic ring is 1. The monoisotopic (exact) mass is 246 g/mol. The maximum Gasteiger partial charge on any atom is 0.240 e. The van der Waals surface area contributed by atoms with E-state index in [1.54, 1.807) is 0 Å². The van der Waals surface area contributed by atoms with Crippen molar-refractivity contribution in [2.45, 2.75) is 13.3 Å². The Morgan fingerprint density at radius 3 is 2.94 bits per heavy atom. The summed E-state index contributed by atoms with van der Waals surface area (Å²) in [4.78, 5) is 13.6. The Kier molecular flexibility index (Phi) is 5.52. The molecule has 0 aromatic heterocycles. The number of nitrogens with one attached hydrogen (secondary N) is 1. The third-order valence-corrected chi connectivity index (χ3v) is 2.43. The predicted octanol–water partition coefficient (Wildman–Crippen LogP) is 1.12. The summed E-state index contributed by atoms with van der Waals surface area (Å²) in [5, 5.41) is 10.9. The molecular weight excluding hydrogens is 228 g/mol. The first-order valence-corrected chi connectivity index (χ1v) is 5.91. The van der Waals surface area contributed by atoms with E-state index < -0.39 is 0 Å². The van der Waals surface area contributed by atoms with Crippen LogP contribution in [0, 0.1) is 11.3 Å². The molecule has 0 heterocycles. The number of nitrogens with zero attached hydrogens (tertiary/aromatic N) is 2. The minimum Gasteiger partial charge on any atom is -0.399 e. The lowest BCUT2D eigenvalue weighted by Crippen LogP contribution is -2.37. The topological polar surface area (TPSA) is 82.2 Å². The highest BCUT2D eigenvalue weighted by molar-refractivity contribution is 5.81. The number of carbonyl (C=O) groups is 1. The number of nitrogens with two attached hydrogens (primary N) is 1. The van der Waals surface area contributed by atoms with Crippen LogP contribution in [-0.4, -0.2) is 25.5 Å². The van der Waals surface area contributed by atoms with Gasteiger partial charge in [0.15, 0.2) is 0 Å². The molecule has 0 aliphatic carbocycles. The van der Waals surface area contributed by atoms with Crippen LogP contribution in [-0.2, 0) is 4.79 Å². The summed E-state index contributed by atoms with van der Waals surface area (Å²) in [5.74, 6) is -0.160. The van der Waals surface area contributed by atoms with Crippen molar-refractivity contribution in [3.05, 3.63) is 24.3 Å². The van der Waals surface area contributed by atoms with Crippen LogP contribution in [0.1, 0.15) is 13.3 Å². The first-order chi connectivity index (χ1) is 8.67. The van der Waals surface area contributed by atoms with E-state index in [-0.39, 0.29) is 19.0 Å². The van der Waals surface area contributed by atoms with Crippen LogP contribution in [0.25, 0.3) is 0 Å². The lowest BCUT2D eigenvalue weighted by atomic mass is 10.2. The number of benzene rings is 1. The van der Waals surface area contributed by atoms with Gasteiger partial charge in [-0.15, -0.1) is 0 Å². The fourth-order valence-electron chi connectivity index (χ4n) is 1.66. The second-order valence-corrected chi connectivity index (χ2v) is 3.95. The van der Waals surface area contributed by atoms with Gasteiger partial charge in [-0.1, -0.05) is 13.0 Å². The summed E-state index contributed by atoms with van der Waals surface area (Å²) in [6, 6.07) is 9.31. The molecule has 96 valence electrons. The molecule has 0 spiro atoms. The third kappa shape index (κ3) is 4.34. The lowest BCUT2D eigenvalue weighted by molar-refractivity contribution is -0.119. The second-order valence-electron chi connectivity index (χ2n) is 3.95. The van der Waals surface area contributed by atoms with Gasteiger partial charge in [-0.25, -0.2) is 0 Å². The number of nitriles is 1. The standard InChI is InChI=1S/C13H18N4O/c1-2-8-17(10-13(18)16-7-6-14)12-5-3-4-11(15)9-12/h3-5,9H,2,7-8,10,15H2,1H3,(H,16,18). The molecule has 1 aromatic carbocycles. The normalized spacial score (nSPS) is 9.56. The van der Waals surface area contributed by atoms with E-state index in [1.807, 2.05) is 42.2 Å². The summed E-state index contributed by atoms with van der Waals surface area (Å²) < 4.78 is 0. The molecule has 1 aromatic rings. The molecule has 0 saturated carbocycles. The van der Waals surface area contributed by atoms with Crippen molar-refractivity contribution >= 4 is 17.3 Å². The highest BCUT2D eigenvalue weighted by Gasteiger charge is 2.10. The SMILES string of the molecule is CCCN(CC(=O)NCC#N)c1cccc(N)c1. The molecule has 3 N–H and O–H groups in total. The number of carbonyl (C=O) groups excluding carboxylic acids is 1. The number of amides is 1. The summed E-state index contributed by atoms with van der Waals surface area (Å²) in [5.41, 5.74) is 7.33. The van der Waals surface area contributed by atoms with E-state index in [9.17, 15) is 4.79 Å². The average Bonchev–Trinajstić information content (AvgIpc) is 2.36. The van der Waals surface area contributed by atoms with Gasteiger partial charge in [0.05, 0.1) is 12.6 Å². The van der Waals surface area contributed by atoms with Crippen molar-refractivity contribution in [3.8, 4) is 6.07 Å². The smallest absolute Gasteiger partial charge is 0.240 e. The van der Waals surface area contributed by atoms with E-state index in [2.05, 4.69) is 5.32 Å². The maximum atomic E-state index is 11.6. The molecule has 1 amide bonds. The van der Waals surface area contributed by atoms with E-state index in [0.717, 1.165) is 18.7 Å². The quantitative estimate of drug-likeness (QED) is 0.582. The third-order valence-electron chi connectivity index (χ3n) is 2.43. The van der Waals surface area contributed by atoms with Crippen LogP contribution in [0.4, 0.5) is 11.4 Å². The van der Waals surface area contributed by atoms with E-state index in [1.165, 1.54) is 0 Å². The van der Waals surface area contributed by atoms with Crippen molar-refractivity contribution in [1.29, 1.82) is 5.26 Å². The summed E-state index contributed by atoms with van der Waals surface area (Å²) in [7, 11) is 0. The Morgan fingerprint density at radius 2 is 2.33 bits per heavy atom. The molecule has 18 heavy (non-hydrogen) atoms. The molecule has 5 nitrogen and oxygen atoms in total. The Bertz CT molecular complexity index is 439. The van der Waals surface area contributed by atoms with E-state index in [0.29, 0.717) is 5.69 Å². The Hall–Kier alpha value is -2.22. The Balaban J connectivity index is 2.71. The predicted molar refractivity (Wildman–Crippen MR) is 72.0 cm³/mol. The number of hydrogen-bond acceptors (Lipinski definition) is 4. The molecule has 5 heteroatoms. The van der Waals surface area contributed by atoms with E-state index in [4.69, 9.17) is 11.0 Å². The van der Waals surface area contributed by atoms with Gasteiger partial charge in [-0.3, -0.25) is 4.79 Å². The van der Waals surface area contributed by atoms with Crippen molar-refractivity contribution in [2.24, 2.45) is 0 Å². The zero-order chi connectivity index (χ0) is 13.4. The molecule has 0 saturated heterocycles. The van der Waals surface area contributed by atoms with Crippen molar-refractivity contribution in [3.63, 3.8) is 0 Å². The largest absolute Gasteiger partial charge is 0.399 e. The zero-order valence-electron chi connectivity index (χ0n) is 10.5. The molecule has 0 unspecified atom stereocenters. The van der Waals surface area contributed by atoms with Gasteiger partial charge in [0.2, 0.25) is 5.91 Å². The molecular formula is C13H18N4O.